The van der Waals surface area contributed by atoms with Crippen molar-refractivity contribution in [2.24, 2.45) is 5.73 Å². The molecule has 1 unspecified atom stereocenters. The number of rotatable bonds is 5. The van der Waals surface area contributed by atoms with Crippen molar-refractivity contribution in [1.29, 1.82) is 0 Å². The van der Waals surface area contributed by atoms with E-state index in [1.807, 2.05) is 11.8 Å². The Kier molecular flexibility index (Phi) is 8.51. The van der Waals surface area contributed by atoms with Crippen LogP contribution in [0.5, 0.6) is 0 Å². The number of ether oxygens (including phenoxy) is 1. The lowest BCUT2D eigenvalue weighted by Crippen LogP contribution is -2.52. The molecule has 0 aromatic rings. The molecule has 0 bridgehead atoms. The van der Waals surface area contributed by atoms with E-state index in [1.165, 1.54) is 0 Å². The number of halogens is 1. The topological polar surface area (TPSA) is 58.8 Å². The standard InChI is InChI=1S/C11H23N3O2.ClH/c1-3-16-9-8-13-4-6-14(7-5-13)11(15)10(2)12;/h10H,3-9,12H2,1-2H3;1H. The molecule has 1 fully saturated rings. The van der Waals surface area contributed by atoms with Gasteiger partial charge in [-0.15, -0.1) is 12.4 Å². The van der Waals surface area contributed by atoms with Gasteiger partial charge in [0.2, 0.25) is 5.91 Å². The zero-order valence-electron chi connectivity index (χ0n) is 10.7. The molecule has 0 radical (unpaired) electrons. The number of hydrogen-bond donors (Lipinski definition) is 1. The van der Waals surface area contributed by atoms with Crippen LogP contribution in [0.3, 0.4) is 0 Å². The highest BCUT2D eigenvalue weighted by Gasteiger charge is 2.22. The summed E-state index contributed by atoms with van der Waals surface area (Å²) in [4.78, 5) is 15.8. The summed E-state index contributed by atoms with van der Waals surface area (Å²) >= 11 is 0. The van der Waals surface area contributed by atoms with Crippen LogP contribution in [-0.2, 0) is 9.53 Å². The lowest BCUT2D eigenvalue weighted by molar-refractivity contribution is -0.134. The molecule has 0 spiro atoms. The molecule has 1 saturated heterocycles. The third kappa shape index (κ3) is 5.68. The van der Waals surface area contributed by atoms with Gasteiger partial charge >= 0.3 is 0 Å². The van der Waals surface area contributed by atoms with Crippen LogP contribution in [-0.4, -0.2) is 67.7 Å². The van der Waals surface area contributed by atoms with Crippen molar-refractivity contribution in [3.63, 3.8) is 0 Å². The Balaban J connectivity index is 0.00000256. The summed E-state index contributed by atoms with van der Waals surface area (Å²) < 4.78 is 5.31. The quantitative estimate of drug-likeness (QED) is 0.708. The summed E-state index contributed by atoms with van der Waals surface area (Å²) in [5.41, 5.74) is 5.57. The van der Waals surface area contributed by atoms with Crippen LogP contribution in [0.1, 0.15) is 13.8 Å². The van der Waals surface area contributed by atoms with Crippen molar-refractivity contribution < 1.29 is 9.53 Å². The first-order valence-electron chi connectivity index (χ1n) is 5.99. The normalized spacial score (nSPS) is 18.6. The minimum absolute atomic E-state index is 0. The van der Waals surface area contributed by atoms with Crippen LogP contribution in [0.25, 0.3) is 0 Å². The Hall–Kier alpha value is -0.360. The van der Waals surface area contributed by atoms with E-state index < -0.39 is 0 Å². The summed E-state index contributed by atoms with van der Waals surface area (Å²) in [5.74, 6) is 0.0597. The van der Waals surface area contributed by atoms with Gasteiger partial charge in [0.15, 0.2) is 0 Å². The molecule has 1 heterocycles. The van der Waals surface area contributed by atoms with E-state index in [-0.39, 0.29) is 24.4 Å². The second kappa shape index (κ2) is 8.69. The van der Waals surface area contributed by atoms with Crippen LogP contribution < -0.4 is 5.73 Å². The van der Waals surface area contributed by atoms with E-state index in [0.29, 0.717) is 0 Å². The summed E-state index contributed by atoms with van der Waals surface area (Å²) in [6.45, 7) is 9.65. The molecule has 5 nitrogen and oxygen atoms in total. The molecule has 0 aliphatic carbocycles. The maximum atomic E-state index is 11.6. The first-order chi connectivity index (χ1) is 7.65. The van der Waals surface area contributed by atoms with Crippen LogP contribution in [0.2, 0.25) is 0 Å². The Morgan fingerprint density at radius 1 is 1.35 bits per heavy atom. The summed E-state index contributed by atoms with van der Waals surface area (Å²) in [6.07, 6.45) is 0. The van der Waals surface area contributed by atoms with E-state index in [1.54, 1.807) is 6.92 Å². The fourth-order valence-corrected chi connectivity index (χ4v) is 1.82. The number of amides is 1. The third-order valence-electron chi connectivity index (χ3n) is 2.83. The van der Waals surface area contributed by atoms with Gasteiger partial charge in [-0.05, 0) is 13.8 Å². The number of carbonyl (C=O) groups excluding carboxylic acids is 1. The fraction of sp³-hybridized carbons (Fsp3) is 0.909. The number of piperazine rings is 1. The highest BCUT2D eigenvalue weighted by molar-refractivity contribution is 5.85. The molecule has 2 N–H and O–H groups in total. The van der Waals surface area contributed by atoms with Crippen LogP contribution in [0.4, 0.5) is 0 Å². The molecule has 0 aromatic heterocycles. The van der Waals surface area contributed by atoms with Gasteiger partial charge in [-0.1, -0.05) is 0 Å². The lowest BCUT2D eigenvalue weighted by Gasteiger charge is -2.35. The third-order valence-corrected chi connectivity index (χ3v) is 2.83. The van der Waals surface area contributed by atoms with Crippen molar-refractivity contribution in [1.82, 2.24) is 9.80 Å². The van der Waals surface area contributed by atoms with E-state index in [0.717, 1.165) is 45.9 Å². The van der Waals surface area contributed by atoms with Gasteiger partial charge in [0.05, 0.1) is 12.6 Å². The van der Waals surface area contributed by atoms with Gasteiger partial charge < -0.3 is 15.4 Å². The van der Waals surface area contributed by atoms with Gasteiger partial charge in [0.25, 0.3) is 0 Å². The molecule has 0 saturated carbocycles. The van der Waals surface area contributed by atoms with Gasteiger partial charge in [0, 0.05) is 39.3 Å². The predicted molar refractivity (Wildman–Crippen MR) is 70.4 cm³/mol. The van der Waals surface area contributed by atoms with Gasteiger partial charge in [-0.2, -0.15) is 0 Å². The highest BCUT2D eigenvalue weighted by atomic mass is 35.5. The van der Waals surface area contributed by atoms with Gasteiger partial charge in [0.1, 0.15) is 0 Å². The van der Waals surface area contributed by atoms with E-state index in [2.05, 4.69) is 4.90 Å². The Bertz CT molecular complexity index is 219. The number of hydrogen-bond acceptors (Lipinski definition) is 4. The van der Waals surface area contributed by atoms with Crippen LogP contribution >= 0.6 is 12.4 Å². The van der Waals surface area contributed by atoms with Crippen molar-refractivity contribution in [2.45, 2.75) is 19.9 Å². The SMILES string of the molecule is CCOCCN1CCN(C(=O)C(C)N)CC1.Cl. The molecule has 102 valence electrons. The number of nitrogens with zero attached hydrogens (tertiary/aromatic N) is 2. The fourth-order valence-electron chi connectivity index (χ4n) is 1.82. The molecule has 0 aromatic carbocycles. The average Bonchev–Trinajstić information content (AvgIpc) is 2.29. The van der Waals surface area contributed by atoms with Crippen molar-refractivity contribution in [3.8, 4) is 0 Å². The lowest BCUT2D eigenvalue weighted by atomic mass is 10.2. The highest BCUT2D eigenvalue weighted by Crippen LogP contribution is 2.03. The second-order valence-electron chi connectivity index (χ2n) is 4.15. The molecule has 1 atom stereocenters. The maximum Gasteiger partial charge on any atom is 0.239 e. The molecular weight excluding hydrogens is 242 g/mol. The number of carbonyl (C=O) groups is 1. The maximum absolute atomic E-state index is 11.6. The molecule has 17 heavy (non-hydrogen) atoms. The first kappa shape index (κ1) is 16.6. The Morgan fingerprint density at radius 3 is 2.41 bits per heavy atom. The summed E-state index contributed by atoms with van der Waals surface area (Å²) in [5, 5.41) is 0. The molecule has 1 rings (SSSR count). The molecule has 1 amide bonds. The monoisotopic (exact) mass is 265 g/mol. The summed E-state index contributed by atoms with van der Waals surface area (Å²) in [6, 6.07) is -0.380. The average molecular weight is 266 g/mol. The minimum atomic E-state index is -0.380. The largest absolute Gasteiger partial charge is 0.380 e. The molecule has 6 heteroatoms. The smallest absolute Gasteiger partial charge is 0.239 e. The van der Waals surface area contributed by atoms with E-state index in [9.17, 15) is 4.79 Å². The molecule has 1 aliphatic heterocycles. The zero-order chi connectivity index (χ0) is 12.0. The van der Waals surface area contributed by atoms with E-state index >= 15 is 0 Å². The van der Waals surface area contributed by atoms with Crippen molar-refractivity contribution in [3.05, 3.63) is 0 Å². The zero-order valence-corrected chi connectivity index (χ0v) is 11.5. The molecular formula is C11H24ClN3O2. The predicted octanol–water partition coefficient (Wildman–Crippen LogP) is -0.0639. The minimum Gasteiger partial charge on any atom is -0.380 e. The first-order valence-corrected chi connectivity index (χ1v) is 5.99. The van der Waals surface area contributed by atoms with Gasteiger partial charge in [-0.25, -0.2) is 0 Å². The second-order valence-corrected chi connectivity index (χ2v) is 4.15. The van der Waals surface area contributed by atoms with Gasteiger partial charge in [-0.3, -0.25) is 9.69 Å². The van der Waals surface area contributed by atoms with Crippen molar-refractivity contribution >= 4 is 18.3 Å². The summed E-state index contributed by atoms with van der Waals surface area (Å²) in [7, 11) is 0. The Morgan fingerprint density at radius 2 is 1.94 bits per heavy atom. The molecule has 1 aliphatic rings. The Labute approximate surface area is 110 Å². The van der Waals surface area contributed by atoms with E-state index in [4.69, 9.17) is 10.5 Å². The number of nitrogens with two attached hydrogens (primary N) is 1. The van der Waals surface area contributed by atoms with Crippen LogP contribution in [0, 0.1) is 0 Å². The van der Waals surface area contributed by atoms with Crippen LogP contribution in [0.15, 0.2) is 0 Å². The van der Waals surface area contributed by atoms with Crippen molar-refractivity contribution in [2.75, 3.05) is 45.9 Å².